The smallest absolute Gasteiger partial charge is 0.145 e. The molecular formula is C16H17FN6. The lowest BCUT2D eigenvalue weighted by atomic mass is 10.2. The Bertz CT molecular complexity index is 817. The van der Waals surface area contributed by atoms with E-state index in [-0.39, 0.29) is 18.8 Å². The van der Waals surface area contributed by atoms with Gasteiger partial charge in [-0.05, 0) is 18.6 Å². The topological polar surface area (TPSA) is 67.1 Å². The minimum absolute atomic E-state index is 0.0664. The predicted molar refractivity (Wildman–Crippen MR) is 86.0 cm³/mol. The fraction of sp³-hybridized carbons (Fsp3) is 0.312. The van der Waals surface area contributed by atoms with E-state index in [1.54, 1.807) is 18.6 Å². The lowest BCUT2D eigenvalue weighted by Crippen LogP contribution is -2.24. The minimum Gasteiger partial charge on any atom is -0.365 e. The van der Waals surface area contributed by atoms with Gasteiger partial charge >= 0.3 is 0 Å². The predicted octanol–water partition coefficient (Wildman–Crippen LogP) is 1.90. The van der Waals surface area contributed by atoms with Crippen molar-refractivity contribution in [3.63, 3.8) is 0 Å². The molecule has 0 spiro atoms. The van der Waals surface area contributed by atoms with E-state index < -0.39 is 0 Å². The van der Waals surface area contributed by atoms with Crippen molar-refractivity contribution in [2.75, 3.05) is 18.5 Å². The van der Waals surface area contributed by atoms with Gasteiger partial charge in [0.25, 0.3) is 0 Å². The molecule has 0 bridgehead atoms. The number of anilines is 1. The van der Waals surface area contributed by atoms with Crippen LogP contribution in [0.2, 0.25) is 0 Å². The van der Waals surface area contributed by atoms with Crippen molar-refractivity contribution in [3.05, 3.63) is 43.0 Å². The molecule has 1 aliphatic heterocycles. The molecule has 3 aromatic rings. The molecule has 23 heavy (non-hydrogen) atoms. The minimum atomic E-state index is -0.341. The van der Waals surface area contributed by atoms with Crippen LogP contribution in [0.4, 0.5) is 10.2 Å². The molecule has 0 saturated carbocycles. The molecule has 1 fully saturated rings. The Labute approximate surface area is 132 Å². The van der Waals surface area contributed by atoms with Crippen LogP contribution in [-0.4, -0.2) is 44.9 Å². The third-order valence-corrected chi connectivity index (χ3v) is 4.10. The highest BCUT2D eigenvalue weighted by Gasteiger charge is 2.24. The summed E-state index contributed by atoms with van der Waals surface area (Å²) in [4.78, 5) is 8.90. The van der Waals surface area contributed by atoms with Gasteiger partial charge in [0.1, 0.15) is 12.5 Å². The summed E-state index contributed by atoms with van der Waals surface area (Å²) in [6.45, 7) is 0.392. The summed E-state index contributed by atoms with van der Waals surface area (Å²) in [6.07, 6.45) is 7.86. The molecule has 0 radical (unpaired) electrons. The standard InChI is InChI=1S/C16H17FN6/c17-6-11-5-12(7-19-11)21-16-10-18-9-14(22-16)13-8-20-23-4-2-1-3-15(13)23/h1-4,8-12,19H,5-7H2,(H,21,22). The van der Waals surface area contributed by atoms with Gasteiger partial charge in [-0.3, -0.25) is 4.98 Å². The van der Waals surface area contributed by atoms with Gasteiger partial charge in [0, 0.05) is 30.4 Å². The number of fused-ring (bicyclic) bond motifs is 1. The van der Waals surface area contributed by atoms with E-state index in [1.807, 2.05) is 28.9 Å². The van der Waals surface area contributed by atoms with Crippen LogP contribution in [0.3, 0.4) is 0 Å². The maximum absolute atomic E-state index is 12.7. The third-order valence-electron chi connectivity index (χ3n) is 4.10. The highest BCUT2D eigenvalue weighted by molar-refractivity contribution is 5.77. The summed E-state index contributed by atoms with van der Waals surface area (Å²) >= 11 is 0. The van der Waals surface area contributed by atoms with Crippen molar-refractivity contribution in [2.24, 2.45) is 0 Å². The SMILES string of the molecule is FCC1CC(Nc2cncc(-c3cnn4ccccc34)n2)CN1. The van der Waals surface area contributed by atoms with Gasteiger partial charge in [-0.1, -0.05) is 6.07 Å². The van der Waals surface area contributed by atoms with Gasteiger partial charge in [-0.2, -0.15) is 5.10 Å². The fourth-order valence-corrected chi connectivity index (χ4v) is 2.95. The van der Waals surface area contributed by atoms with E-state index in [1.165, 1.54) is 0 Å². The Balaban J connectivity index is 1.59. The number of aromatic nitrogens is 4. The summed E-state index contributed by atoms with van der Waals surface area (Å²) in [6, 6.07) is 6.00. The number of hydrogen-bond acceptors (Lipinski definition) is 5. The molecule has 2 N–H and O–H groups in total. The van der Waals surface area contributed by atoms with E-state index in [2.05, 4.69) is 25.7 Å². The van der Waals surface area contributed by atoms with Gasteiger partial charge in [0.2, 0.25) is 0 Å². The summed E-state index contributed by atoms with van der Waals surface area (Å²) in [5.41, 5.74) is 2.69. The third kappa shape index (κ3) is 2.75. The molecule has 118 valence electrons. The summed E-state index contributed by atoms with van der Waals surface area (Å²) in [7, 11) is 0. The summed E-state index contributed by atoms with van der Waals surface area (Å²) < 4.78 is 14.5. The molecule has 1 saturated heterocycles. The van der Waals surface area contributed by atoms with Gasteiger partial charge in [0.05, 0.1) is 29.8 Å². The number of alkyl halides is 1. The molecule has 3 aromatic heterocycles. The number of rotatable bonds is 4. The molecular weight excluding hydrogens is 295 g/mol. The van der Waals surface area contributed by atoms with Crippen LogP contribution in [0.25, 0.3) is 16.8 Å². The second-order valence-corrected chi connectivity index (χ2v) is 5.71. The Hall–Kier alpha value is -2.54. The first kappa shape index (κ1) is 14.1. The van der Waals surface area contributed by atoms with Gasteiger partial charge in [0.15, 0.2) is 0 Å². The van der Waals surface area contributed by atoms with Crippen molar-refractivity contribution in [3.8, 4) is 11.3 Å². The molecule has 6 nitrogen and oxygen atoms in total. The zero-order chi connectivity index (χ0) is 15.6. The van der Waals surface area contributed by atoms with E-state index in [0.29, 0.717) is 5.82 Å². The van der Waals surface area contributed by atoms with Crippen LogP contribution >= 0.6 is 0 Å². The Morgan fingerprint density at radius 1 is 1.30 bits per heavy atom. The molecule has 7 heteroatoms. The average molecular weight is 312 g/mol. The van der Waals surface area contributed by atoms with E-state index in [0.717, 1.165) is 29.7 Å². The number of nitrogens with zero attached hydrogens (tertiary/aromatic N) is 4. The zero-order valence-corrected chi connectivity index (χ0v) is 12.5. The monoisotopic (exact) mass is 312 g/mol. The number of pyridine rings is 1. The molecule has 0 aliphatic carbocycles. The molecule has 2 atom stereocenters. The first-order chi connectivity index (χ1) is 11.3. The van der Waals surface area contributed by atoms with E-state index >= 15 is 0 Å². The average Bonchev–Trinajstić information content (AvgIpc) is 3.21. The largest absolute Gasteiger partial charge is 0.365 e. The summed E-state index contributed by atoms with van der Waals surface area (Å²) in [5.74, 6) is 0.698. The first-order valence-corrected chi connectivity index (χ1v) is 7.64. The van der Waals surface area contributed by atoms with Gasteiger partial charge in [-0.15, -0.1) is 0 Å². The lowest BCUT2D eigenvalue weighted by molar-refractivity contribution is 0.404. The van der Waals surface area contributed by atoms with E-state index in [9.17, 15) is 4.39 Å². The van der Waals surface area contributed by atoms with Crippen LogP contribution in [-0.2, 0) is 0 Å². The highest BCUT2D eigenvalue weighted by Crippen LogP contribution is 2.23. The Morgan fingerprint density at radius 3 is 3.13 bits per heavy atom. The molecule has 0 amide bonds. The van der Waals surface area contributed by atoms with E-state index in [4.69, 9.17) is 0 Å². The van der Waals surface area contributed by atoms with Crippen molar-refractivity contribution in [2.45, 2.75) is 18.5 Å². The maximum Gasteiger partial charge on any atom is 0.145 e. The lowest BCUT2D eigenvalue weighted by Gasteiger charge is -2.12. The summed E-state index contributed by atoms with van der Waals surface area (Å²) in [5, 5.41) is 10.8. The van der Waals surface area contributed by atoms with Crippen molar-refractivity contribution in [1.82, 2.24) is 24.9 Å². The van der Waals surface area contributed by atoms with Gasteiger partial charge in [-0.25, -0.2) is 13.9 Å². The van der Waals surface area contributed by atoms with Crippen LogP contribution in [0.5, 0.6) is 0 Å². The molecule has 4 heterocycles. The second-order valence-electron chi connectivity index (χ2n) is 5.71. The van der Waals surface area contributed by atoms with Crippen LogP contribution < -0.4 is 10.6 Å². The molecule has 1 aliphatic rings. The number of halogens is 1. The van der Waals surface area contributed by atoms with Crippen LogP contribution in [0.15, 0.2) is 43.0 Å². The molecule has 4 rings (SSSR count). The number of nitrogens with one attached hydrogen (secondary N) is 2. The maximum atomic E-state index is 12.7. The molecule has 2 unspecified atom stereocenters. The highest BCUT2D eigenvalue weighted by atomic mass is 19.1. The van der Waals surface area contributed by atoms with Gasteiger partial charge < -0.3 is 10.6 Å². The van der Waals surface area contributed by atoms with Crippen molar-refractivity contribution < 1.29 is 4.39 Å². The van der Waals surface area contributed by atoms with Crippen LogP contribution in [0, 0.1) is 0 Å². The quantitative estimate of drug-likeness (QED) is 0.770. The van der Waals surface area contributed by atoms with Crippen molar-refractivity contribution >= 4 is 11.3 Å². The Morgan fingerprint density at radius 2 is 2.26 bits per heavy atom. The fourth-order valence-electron chi connectivity index (χ4n) is 2.95. The zero-order valence-electron chi connectivity index (χ0n) is 12.5. The normalized spacial score (nSPS) is 20.9. The Kier molecular flexibility index (Phi) is 3.63. The second kappa shape index (κ2) is 5.92. The van der Waals surface area contributed by atoms with Crippen LogP contribution in [0.1, 0.15) is 6.42 Å². The van der Waals surface area contributed by atoms with Crippen molar-refractivity contribution in [1.29, 1.82) is 0 Å². The first-order valence-electron chi connectivity index (χ1n) is 7.64. The molecule has 0 aromatic carbocycles. The number of hydrogen-bond donors (Lipinski definition) is 2.